The van der Waals surface area contributed by atoms with E-state index in [0.29, 0.717) is 11.8 Å². The van der Waals surface area contributed by atoms with Crippen molar-refractivity contribution < 1.29 is 9.59 Å². The molecule has 0 saturated carbocycles. The number of likely N-dealkylation sites (tertiary alicyclic amines) is 1. The minimum Gasteiger partial charge on any atom is -0.370 e. The van der Waals surface area contributed by atoms with Crippen molar-refractivity contribution in [3.8, 4) is 0 Å². The molecule has 0 aromatic heterocycles. The number of rotatable bonds is 4. The molecule has 5 heteroatoms. The Kier molecular flexibility index (Phi) is 5.59. The molecule has 0 aliphatic carbocycles. The summed E-state index contributed by atoms with van der Waals surface area (Å²) in [7, 11) is 0. The second kappa shape index (κ2) is 6.73. The van der Waals surface area contributed by atoms with Crippen molar-refractivity contribution in [2.24, 2.45) is 23.3 Å². The van der Waals surface area contributed by atoms with E-state index in [2.05, 4.69) is 13.8 Å². The second-order valence-corrected chi connectivity index (χ2v) is 5.54. The lowest BCUT2D eigenvalue weighted by molar-refractivity contribution is -0.134. The maximum atomic E-state index is 12.1. The van der Waals surface area contributed by atoms with Crippen LogP contribution in [0.4, 0.5) is 0 Å². The molecule has 2 amide bonds. The van der Waals surface area contributed by atoms with Gasteiger partial charge < -0.3 is 16.4 Å². The van der Waals surface area contributed by atoms with Crippen LogP contribution in [0, 0.1) is 11.8 Å². The fourth-order valence-corrected chi connectivity index (χ4v) is 2.55. The summed E-state index contributed by atoms with van der Waals surface area (Å²) in [4.78, 5) is 24.6. The zero-order valence-corrected chi connectivity index (χ0v) is 11.4. The molecule has 0 bridgehead atoms. The van der Waals surface area contributed by atoms with Crippen LogP contribution in [-0.4, -0.2) is 35.8 Å². The number of carbonyl (C=O) groups is 2. The van der Waals surface area contributed by atoms with Gasteiger partial charge in [-0.2, -0.15) is 0 Å². The normalized spacial score (nSPS) is 22.7. The van der Waals surface area contributed by atoms with Crippen LogP contribution in [0.1, 0.15) is 39.5 Å². The minimum absolute atomic E-state index is 0.0665. The van der Waals surface area contributed by atoms with Gasteiger partial charge in [-0.25, -0.2) is 0 Å². The van der Waals surface area contributed by atoms with Gasteiger partial charge in [0.1, 0.15) is 0 Å². The van der Waals surface area contributed by atoms with Gasteiger partial charge in [0, 0.05) is 13.1 Å². The van der Waals surface area contributed by atoms with Gasteiger partial charge in [-0.05, 0) is 31.1 Å². The molecule has 1 saturated heterocycles. The molecule has 0 aromatic carbocycles. The zero-order valence-electron chi connectivity index (χ0n) is 11.4. The molecule has 1 aliphatic rings. The summed E-state index contributed by atoms with van der Waals surface area (Å²) >= 11 is 0. The van der Waals surface area contributed by atoms with Gasteiger partial charge in [-0.3, -0.25) is 9.59 Å². The number of nitrogens with zero attached hydrogens (tertiary/aromatic N) is 1. The summed E-state index contributed by atoms with van der Waals surface area (Å²) in [6.07, 6.45) is 3.13. The zero-order chi connectivity index (χ0) is 13.7. The van der Waals surface area contributed by atoms with E-state index in [9.17, 15) is 9.59 Å². The van der Waals surface area contributed by atoms with Crippen molar-refractivity contribution in [2.45, 2.75) is 45.6 Å². The Hall–Kier alpha value is -1.10. The quantitative estimate of drug-likeness (QED) is 0.765. The molecule has 0 radical (unpaired) electrons. The monoisotopic (exact) mass is 255 g/mol. The maximum absolute atomic E-state index is 12.1. The number of carbonyl (C=O) groups excluding carboxylic acids is 2. The van der Waals surface area contributed by atoms with E-state index in [4.69, 9.17) is 11.5 Å². The maximum Gasteiger partial charge on any atom is 0.240 e. The second-order valence-electron chi connectivity index (χ2n) is 5.54. The molecule has 1 aliphatic heterocycles. The van der Waals surface area contributed by atoms with E-state index in [1.165, 1.54) is 0 Å². The molecule has 1 rings (SSSR count). The minimum atomic E-state index is -0.780. The average Bonchev–Trinajstić information content (AvgIpc) is 2.52. The van der Waals surface area contributed by atoms with Crippen LogP contribution in [0.5, 0.6) is 0 Å². The smallest absolute Gasteiger partial charge is 0.240 e. The van der Waals surface area contributed by atoms with Crippen LogP contribution in [0.25, 0.3) is 0 Å². The third-order valence-electron chi connectivity index (χ3n) is 3.77. The first kappa shape index (κ1) is 15.0. The molecule has 18 heavy (non-hydrogen) atoms. The lowest BCUT2D eigenvalue weighted by atomic mass is 9.89. The molecule has 2 atom stereocenters. The van der Waals surface area contributed by atoms with Crippen LogP contribution in [-0.2, 0) is 9.59 Å². The van der Waals surface area contributed by atoms with Gasteiger partial charge >= 0.3 is 0 Å². The Balaban J connectivity index is 2.52. The summed E-state index contributed by atoms with van der Waals surface area (Å²) in [6.45, 7) is 5.94. The Bertz CT molecular complexity index is 305. The average molecular weight is 255 g/mol. The Morgan fingerprint density at radius 1 is 1.28 bits per heavy atom. The predicted molar refractivity (Wildman–Crippen MR) is 70.5 cm³/mol. The third kappa shape index (κ3) is 4.29. The van der Waals surface area contributed by atoms with Crippen LogP contribution in [0.2, 0.25) is 0 Å². The number of hydrogen-bond donors (Lipinski definition) is 2. The molecular weight excluding hydrogens is 230 g/mol. The number of primary amides is 1. The van der Waals surface area contributed by atoms with Crippen molar-refractivity contribution in [3.63, 3.8) is 0 Å². The number of hydrogen-bond acceptors (Lipinski definition) is 3. The summed E-state index contributed by atoms with van der Waals surface area (Å²) < 4.78 is 0. The first-order valence-electron chi connectivity index (χ1n) is 6.74. The van der Waals surface area contributed by atoms with Gasteiger partial charge in [0.05, 0.1) is 12.5 Å². The highest BCUT2D eigenvalue weighted by atomic mass is 16.2. The van der Waals surface area contributed by atoms with Crippen LogP contribution in [0.3, 0.4) is 0 Å². The van der Waals surface area contributed by atoms with Crippen molar-refractivity contribution in [2.75, 3.05) is 13.1 Å². The topological polar surface area (TPSA) is 89.4 Å². The molecule has 0 aromatic rings. The molecule has 1 fully saturated rings. The Labute approximate surface area is 109 Å². The lowest BCUT2D eigenvalue weighted by Gasteiger charge is -2.24. The highest BCUT2D eigenvalue weighted by Gasteiger charge is 2.26. The van der Waals surface area contributed by atoms with E-state index in [1.54, 1.807) is 4.90 Å². The van der Waals surface area contributed by atoms with Gasteiger partial charge in [0.2, 0.25) is 11.8 Å². The highest BCUT2D eigenvalue weighted by molar-refractivity contribution is 5.87. The fraction of sp³-hybridized carbons (Fsp3) is 0.846. The van der Waals surface area contributed by atoms with Crippen molar-refractivity contribution in [1.82, 2.24) is 4.90 Å². The van der Waals surface area contributed by atoms with E-state index >= 15 is 0 Å². The molecule has 5 nitrogen and oxygen atoms in total. The summed E-state index contributed by atoms with van der Waals surface area (Å²) in [6, 6.07) is -0.780. The predicted octanol–water partition coefficient (Wildman–Crippen LogP) is 0.474. The first-order valence-corrected chi connectivity index (χ1v) is 6.74. The summed E-state index contributed by atoms with van der Waals surface area (Å²) in [5.74, 6) is 0.665. The van der Waals surface area contributed by atoms with E-state index in [0.717, 1.165) is 32.4 Å². The van der Waals surface area contributed by atoms with Crippen molar-refractivity contribution in [1.29, 1.82) is 0 Å². The first-order chi connectivity index (χ1) is 8.41. The SMILES string of the molecule is CC(C)C1CCCN(C(=O)C(N)CC(N)=O)CC1. The highest BCUT2D eigenvalue weighted by Crippen LogP contribution is 2.24. The van der Waals surface area contributed by atoms with Gasteiger partial charge in [-0.1, -0.05) is 13.8 Å². The van der Waals surface area contributed by atoms with Crippen LogP contribution < -0.4 is 11.5 Å². The molecule has 104 valence electrons. The van der Waals surface area contributed by atoms with Crippen molar-refractivity contribution >= 4 is 11.8 Å². The van der Waals surface area contributed by atoms with Gasteiger partial charge in [0.25, 0.3) is 0 Å². The third-order valence-corrected chi connectivity index (χ3v) is 3.77. The molecular formula is C13H25N3O2. The summed E-state index contributed by atoms with van der Waals surface area (Å²) in [5.41, 5.74) is 10.8. The Morgan fingerprint density at radius 3 is 2.50 bits per heavy atom. The fourth-order valence-electron chi connectivity index (χ4n) is 2.55. The van der Waals surface area contributed by atoms with Crippen molar-refractivity contribution in [3.05, 3.63) is 0 Å². The van der Waals surface area contributed by atoms with E-state index in [1.807, 2.05) is 0 Å². The van der Waals surface area contributed by atoms with E-state index in [-0.39, 0.29) is 12.3 Å². The number of amides is 2. The standard InChI is InChI=1S/C13H25N3O2/c1-9(2)10-4-3-6-16(7-5-10)13(18)11(14)8-12(15)17/h9-11H,3-8,14H2,1-2H3,(H2,15,17). The number of nitrogens with two attached hydrogens (primary N) is 2. The molecule has 2 unspecified atom stereocenters. The van der Waals surface area contributed by atoms with Gasteiger partial charge in [-0.15, -0.1) is 0 Å². The molecule has 0 spiro atoms. The molecule has 1 heterocycles. The van der Waals surface area contributed by atoms with Crippen LogP contribution in [0.15, 0.2) is 0 Å². The van der Waals surface area contributed by atoms with Crippen LogP contribution >= 0.6 is 0 Å². The Morgan fingerprint density at radius 2 is 1.94 bits per heavy atom. The molecule has 4 N–H and O–H groups in total. The lowest BCUT2D eigenvalue weighted by Crippen LogP contribution is -2.46. The van der Waals surface area contributed by atoms with Gasteiger partial charge in [0.15, 0.2) is 0 Å². The largest absolute Gasteiger partial charge is 0.370 e. The van der Waals surface area contributed by atoms with E-state index < -0.39 is 11.9 Å². The summed E-state index contributed by atoms with van der Waals surface area (Å²) in [5, 5.41) is 0.